The second-order valence-electron chi connectivity index (χ2n) is 9.34. The number of hydrogen-bond donors (Lipinski definition) is 2. The Balaban J connectivity index is 1.39. The van der Waals surface area contributed by atoms with Gasteiger partial charge in [-0.05, 0) is 42.0 Å². The van der Waals surface area contributed by atoms with Gasteiger partial charge in [0, 0.05) is 46.0 Å². The summed E-state index contributed by atoms with van der Waals surface area (Å²) >= 11 is 5.60. The van der Waals surface area contributed by atoms with Crippen molar-refractivity contribution < 1.29 is 8.42 Å². The Morgan fingerprint density at radius 3 is 2.23 bits per heavy atom. The fourth-order valence-corrected chi connectivity index (χ4v) is 5.45. The fraction of sp³-hybridized carbons (Fsp3) is 0.280. The van der Waals surface area contributed by atoms with Gasteiger partial charge in [-0.1, -0.05) is 30.3 Å². The highest BCUT2D eigenvalue weighted by Crippen LogP contribution is 2.23. The lowest BCUT2D eigenvalue weighted by Crippen LogP contribution is -2.50. The van der Waals surface area contributed by atoms with Crippen molar-refractivity contribution in [3.05, 3.63) is 81.0 Å². The second kappa shape index (κ2) is 10.3. The zero-order valence-corrected chi connectivity index (χ0v) is 23.1. The van der Waals surface area contributed by atoms with Crippen LogP contribution in [-0.2, 0) is 30.7 Å². The van der Waals surface area contributed by atoms with E-state index in [0.717, 1.165) is 10.1 Å². The van der Waals surface area contributed by atoms with Gasteiger partial charge in [-0.15, -0.1) is 0 Å². The molecule has 2 aromatic carbocycles. The number of rotatable bonds is 5. The molecule has 1 aliphatic heterocycles. The number of piperazine rings is 1. The van der Waals surface area contributed by atoms with Gasteiger partial charge in [0.1, 0.15) is 0 Å². The van der Waals surface area contributed by atoms with Gasteiger partial charge in [-0.2, -0.15) is 4.98 Å². The van der Waals surface area contributed by atoms with E-state index in [1.807, 2.05) is 39.8 Å². The quantitative estimate of drug-likeness (QED) is 0.332. The third-order valence-electron chi connectivity index (χ3n) is 6.80. The predicted octanol–water partition coefficient (Wildman–Crippen LogP) is 0.648. The van der Waals surface area contributed by atoms with Crippen LogP contribution in [0.2, 0.25) is 0 Å². The minimum absolute atomic E-state index is 0.0262. The molecule has 204 valence electrons. The van der Waals surface area contributed by atoms with Crippen molar-refractivity contribution in [2.45, 2.75) is 11.4 Å². The normalized spacial score (nSPS) is 14.1. The molecule has 12 nitrogen and oxygen atoms in total. The Labute approximate surface area is 229 Å². The van der Waals surface area contributed by atoms with E-state index in [4.69, 9.17) is 22.3 Å². The largest absolute Gasteiger partial charge is 0.345 e. The van der Waals surface area contributed by atoms with E-state index >= 15 is 0 Å². The summed E-state index contributed by atoms with van der Waals surface area (Å²) in [5, 5.41) is 8.81. The van der Waals surface area contributed by atoms with E-state index in [1.165, 1.54) is 23.7 Å². The molecule has 5 rings (SSSR count). The van der Waals surface area contributed by atoms with Gasteiger partial charge in [-0.3, -0.25) is 18.5 Å². The monoisotopic (exact) mass is 568 g/mol. The van der Waals surface area contributed by atoms with Crippen LogP contribution in [0.3, 0.4) is 0 Å². The number of benzene rings is 2. The zero-order chi connectivity index (χ0) is 27.9. The first-order valence-electron chi connectivity index (χ1n) is 12.2. The molecular weight excluding hydrogens is 540 g/mol. The van der Waals surface area contributed by atoms with Crippen molar-refractivity contribution in [2.24, 2.45) is 19.2 Å². The van der Waals surface area contributed by atoms with Crippen LogP contribution in [0.15, 0.2) is 69.1 Å². The Kier molecular flexibility index (Phi) is 7.01. The first-order valence-corrected chi connectivity index (χ1v) is 14.1. The van der Waals surface area contributed by atoms with Gasteiger partial charge >= 0.3 is 5.69 Å². The van der Waals surface area contributed by atoms with E-state index in [-0.39, 0.29) is 10.5 Å². The molecule has 14 heteroatoms. The summed E-state index contributed by atoms with van der Waals surface area (Å²) < 4.78 is 27.4. The lowest BCUT2D eigenvalue weighted by molar-refractivity contribution is 0.386. The predicted molar refractivity (Wildman–Crippen MR) is 154 cm³/mol. The molecule has 2 aromatic heterocycles. The summed E-state index contributed by atoms with van der Waals surface area (Å²) in [5.41, 5.74) is 1.56. The van der Waals surface area contributed by atoms with Gasteiger partial charge in [0.2, 0.25) is 16.0 Å². The molecule has 0 unspecified atom stereocenters. The molecule has 3 heterocycles. The number of nitrogens with one attached hydrogen (secondary N) is 1. The Morgan fingerprint density at radius 2 is 1.62 bits per heavy atom. The molecule has 0 atom stereocenters. The number of imidazole rings is 1. The standard InChI is InChI=1S/C25H28N8O4S2/c1-29-21-20(22(34)30(2)25(29)35)33(16-17-6-4-3-5-7-17)23(28-21)31-12-14-32(15-13-31)24(38)27-18-8-10-19(11-9-18)39(26,36)37/h3-11H,12-16H2,1-2H3,(H,27,38)(H2,26,36,37). The zero-order valence-electron chi connectivity index (χ0n) is 21.4. The van der Waals surface area contributed by atoms with Crippen molar-refractivity contribution in [3.63, 3.8) is 0 Å². The molecule has 39 heavy (non-hydrogen) atoms. The smallest absolute Gasteiger partial charge is 0.332 e. The van der Waals surface area contributed by atoms with Gasteiger partial charge in [0.25, 0.3) is 5.56 Å². The van der Waals surface area contributed by atoms with Gasteiger partial charge < -0.3 is 15.1 Å². The van der Waals surface area contributed by atoms with Crippen molar-refractivity contribution in [3.8, 4) is 0 Å². The van der Waals surface area contributed by atoms with Crippen LogP contribution in [0, 0.1) is 0 Å². The lowest BCUT2D eigenvalue weighted by Gasteiger charge is -2.36. The number of hydrogen-bond acceptors (Lipinski definition) is 7. The summed E-state index contributed by atoms with van der Waals surface area (Å²) in [7, 11) is -0.682. The van der Waals surface area contributed by atoms with Crippen LogP contribution in [-0.4, -0.2) is 63.3 Å². The number of fused-ring (bicyclic) bond motifs is 1. The summed E-state index contributed by atoms with van der Waals surface area (Å²) in [6.45, 7) is 2.77. The Morgan fingerprint density at radius 1 is 0.974 bits per heavy atom. The summed E-state index contributed by atoms with van der Waals surface area (Å²) in [4.78, 5) is 34.7. The third kappa shape index (κ3) is 5.17. The molecule has 3 N–H and O–H groups in total. The minimum atomic E-state index is -3.77. The van der Waals surface area contributed by atoms with E-state index in [1.54, 1.807) is 19.2 Å². The van der Waals surface area contributed by atoms with Gasteiger partial charge in [-0.25, -0.2) is 18.4 Å². The Hall–Kier alpha value is -4.01. The van der Waals surface area contributed by atoms with Crippen LogP contribution in [0.25, 0.3) is 11.2 Å². The highest BCUT2D eigenvalue weighted by atomic mass is 32.2. The number of aromatic nitrogens is 4. The molecule has 1 fully saturated rings. The molecular formula is C25H28N8O4S2. The molecule has 4 aromatic rings. The Bertz CT molecular complexity index is 1770. The maximum atomic E-state index is 13.2. The average Bonchev–Trinajstić information content (AvgIpc) is 3.30. The van der Waals surface area contributed by atoms with Crippen molar-refractivity contribution in [1.82, 2.24) is 23.6 Å². The van der Waals surface area contributed by atoms with Crippen LogP contribution < -0.4 is 26.6 Å². The molecule has 0 amide bonds. The SMILES string of the molecule is Cn1c(=O)c2c(nc(N3CCN(C(=S)Nc4ccc(S(N)(=O)=O)cc4)CC3)n2Cc2ccccc2)n(C)c1=O. The maximum Gasteiger partial charge on any atom is 0.332 e. The number of primary sulfonamides is 1. The molecule has 1 saturated heterocycles. The number of thiocarbonyl (C=S) groups is 1. The van der Waals surface area contributed by atoms with Crippen molar-refractivity contribution >= 4 is 50.2 Å². The summed E-state index contributed by atoms with van der Waals surface area (Å²) in [6.07, 6.45) is 0. The fourth-order valence-electron chi connectivity index (χ4n) is 4.63. The van der Waals surface area contributed by atoms with E-state index in [2.05, 4.69) is 10.2 Å². The number of nitrogens with two attached hydrogens (primary N) is 1. The van der Waals surface area contributed by atoms with Crippen molar-refractivity contribution in [1.29, 1.82) is 0 Å². The second-order valence-corrected chi connectivity index (χ2v) is 11.3. The van der Waals surface area contributed by atoms with Gasteiger partial charge in [0.05, 0.1) is 11.4 Å². The van der Waals surface area contributed by atoms with E-state index in [9.17, 15) is 18.0 Å². The summed E-state index contributed by atoms with van der Waals surface area (Å²) in [5.74, 6) is 0.615. The first-order chi connectivity index (χ1) is 18.5. The number of aryl methyl sites for hydroxylation is 1. The average molecular weight is 569 g/mol. The minimum Gasteiger partial charge on any atom is -0.345 e. The van der Waals surface area contributed by atoms with E-state index < -0.39 is 15.7 Å². The molecule has 0 saturated carbocycles. The molecule has 0 spiro atoms. The molecule has 0 bridgehead atoms. The molecule has 0 aliphatic carbocycles. The van der Waals surface area contributed by atoms with Gasteiger partial charge in [0.15, 0.2) is 16.3 Å². The third-order valence-corrected chi connectivity index (χ3v) is 8.08. The number of anilines is 2. The number of nitrogens with zero attached hydrogens (tertiary/aromatic N) is 6. The topological polar surface area (TPSA) is 140 Å². The molecule has 1 aliphatic rings. The highest BCUT2D eigenvalue weighted by molar-refractivity contribution is 7.89. The molecule has 0 radical (unpaired) electrons. The highest BCUT2D eigenvalue weighted by Gasteiger charge is 2.26. The summed E-state index contributed by atoms with van der Waals surface area (Å²) in [6, 6.07) is 15.9. The van der Waals surface area contributed by atoms with E-state index in [0.29, 0.717) is 60.6 Å². The van der Waals surface area contributed by atoms with Crippen LogP contribution in [0.4, 0.5) is 11.6 Å². The first kappa shape index (κ1) is 26.6. The lowest BCUT2D eigenvalue weighted by atomic mass is 10.2. The van der Waals surface area contributed by atoms with Crippen LogP contribution in [0.1, 0.15) is 5.56 Å². The van der Waals surface area contributed by atoms with Crippen molar-refractivity contribution in [2.75, 3.05) is 36.4 Å². The number of sulfonamides is 1. The van der Waals surface area contributed by atoms with Crippen LogP contribution in [0.5, 0.6) is 0 Å². The van der Waals surface area contributed by atoms with Crippen LogP contribution >= 0.6 is 12.2 Å². The maximum absolute atomic E-state index is 13.2.